The van der Waals surface area contributed by atoms with Gasteiger partial charge in [0.05, 0.1) is 59.2 Å². The Morgan fingerprint density at radius 1 is 1.00 bits per heavy atom. The third kappa shape index (κ3) is 10.9. The quantitative estimate of drug-likeness (QED) is 0.0933. The molecule has 4 amide bonds. The van der Waals surface area contributed by atoms with Crippen molar-refractivity contribution in [1.82, 2.24) is 30.8 Å². The Morgan fingerprint density at radius 2 is 1.73 bits per heavy atom. The summed E-state index contributed by atoms with van der Waals surface area (Å²) >= 11 is 2.98. The van der Waals surface area contributed by atoms with Gasteiger partial charge in [-0.25, -0.2) is 14.4 Å². The van der Waals surface area contributed by atoms with Crippen molar-refractivity contribution in [2.75, 3.05) is 37.8 Å². The van der Waals surface area contributed by atoms with Crippen molar-refractivity contribution < 1.29 is 42.5 Å². The van der Waals surface area contributed by atoms with Crippen LogP contribution >= 0.6 is 22.7 Å². The summed E-state index contributed by atoms with van der Waals surface area (Å²) in [6.45, 7) is 10.1. The van der Waals surface area contributed by atoms with Gasteiger partial charge in [0.2, 0.25) is 23.5 Å². The van der Waals surface area contributed by atoms with Crippen LogP contribution in [0.2, 0.25) is 0 Å². The topological polar surface area (TPSA) is 175 Å². The molecule has 0 aliphatic carbocycles. The first-order chi connectivity index (χ1) is 30.6. The van der Waals surface area contributed by atoms with Gasteiger partial charge in [-0.15, -0.1) is 22.7 Å². The average Bonchev–Trinajstić information content (AvgIpc) is 4.02. The number of unbranched alkanes of at least 4 members (excludes halogenated alkanes) is 1. The lowest BCUT2D eigenvalue weighted by Gasteiger charge is -2.45. The fraction of sp³-hybridized carbons (Fsp3) is 0.522. The van der Waals surface area contributed by atoms with Gasteiger partial charge in [-0.05, 0) is 74.6 Å². The number of benzene rings is 2. The van der Waals surface area contributed by atoms with E-state index in [0.29, 0.717) is 31.7 Å². The Kier molecular flexibility index (Phi) is 15.0. The molecule has 4 N–H and O–H groups in total. The zero-order chi connectivity index (χ0) is 45.7. The SMILES string of the molecule is Cc1ncsc1-c1ccc([C@H](C)NC(=O)[C@@H]2C[C@@H](O)CN2C(=O)[C@@H](NC(=O)CCCCNC(=O)COc2c(-c3csc(N4C5CCCC4COC5)n3)ccc(F)c2F)C(C)(C)C)cc1. The fourth-order valence-electron chi connectivity index (χ4n) is 8.60. The molecule has 5 heterocycles. The molecule has 3 saturated heterocycles. The highest BCUT2D eigenvalue weighted by Gasteiger charge is 2.45. The van der Waals surface area contributed by atoms with E-state index >= 15 is 4.39 Å². The number of thiazole rings is 2. The number of hydrogen-bond acceptors (Lipinski definition) is 12. The second-order valence-electron chi connectivity index (χ2n) is 17.9. The maximum atomic E-state index is 15.1. The maximum absolute atomic E-state index is 15.1. The molecule has 3 aliphatic heterocycles. The molecule has 64 heavy (non-hydrogen) atoms. The number of fused-ring (bicyclic) bond motifs is 2. The Hall–Kier alpha value is -5.04. The van der Waals surface area contributed by atoms with Gasteiger partial charge < -0.3 is 40.3 Å². The summed E-state index contributed by atoms with van der Waals surface area (Å²) < 4.78 is 40.9. The van der Waals surface area contributed by atoms with Gasteiger partial charge in [0.15, 0.2) is 23.3 Å². The monoisotopic (exact) mass is 921 g/mol. The fourth-order valence-corrected chi connectivity index (χ4v) is 10.4. The number of β-amino-alcohol motifs (C(OH)–C–C–N with tert-alkyl or cyclic N) is 1. The first-order valence-electron chi connectivity index (χ1n) is 21.9. The zero-order valence-electron chi connectivity index (χ0n) is 36.8. The number of piperidine rings is 1. The van der Waals surface area contributed by atoms with E-state index in [-0.39, 0.29) is 55.5 Å². The van der Waals surface area contributed by atoms with Crippen molar-refractivity contribution in [3.63, 3.8) is 0 Å². The molecule has 2 bridgehead atoms. The molecule has 2 aromatic carbocycles. The molecule has 2 unspecified atom stereocenters. The van der Waals surface area contributed by atoms with Crippen LogP contribution < -0.4 is 25.6 Å². The number of aliphatic hydroxyl groups is 1. The van der Waals surface area contributed by atoms with Crippen molar-refractivity contribution >= 4 is 51.4 Å². The summed E-state index contributed by atoms with van der Waals surface area (Å²) in [5.74, 6) is -4.52. The number of hydrogen-bond donors (Lipinski definition) is 4. The second kappa shape index (κ2) is 20.4. The van der Waals surface area contributed by atoms with Crippen LogP contribution in [0.25, 0.3) is 21.7 Å². The van der Waals surface area contributed by atoms with Gasteiger partial charge in [0.25, 0.3) is 5.91 Å². The number of likely N-dealkylation sites (tertiary alicyclic amines) is 1. The molecule has 344 valence electrons. The third-order valence-electron chi connectivity index (χ3n) is 12.1. The summed E-state index contributed by atoms with van der Waals surface area (Å²) in [4.78, 5) is 67.5. The molecule has 2 aromatic heterocycles. The van der Waals surface area contributed by atoms with Gasteiger partial charge in [-0.3, -0.25) is 19.2 Å². The number of aryl methyl sites for hydroxylation is 1. The van der Waals surface area contributed by atoms with E-state index in [9.17, 15) is 28.7 Å². The van der Waals surface area contributed by atoms with Crippen molar-refractivity contribution in [2.45, 2.75) is 116 Å². The molecule has 18 heteroatoms. The predicted molar refractivity (Wildman–Crippen MR) is 241 cm³/mol. The van der Waals surface area contributed by atoms with Gasteiger partial charge in [0, 0.05) is 36.9 Å². The van der Waals surface area contributed by atoms with Crippen molar-refractivity contribution in [3.05, 3.63) is 70.2 Å². The molecule has 14 nitrogen and oxygen atoms in total. The third-order valence-corrected chi connectivity index (χ3v) is 13.9. The number of nitrogens with one attached hydrogen (secondary N) is 3. The Bertz CT molecular complexity index is 2280. The number of ether oxygens (including phenoxy) is 2. The number of nitrogens with zero attached hydrogens (tertiary/aromatic N) is 4. The highest BCUT2D eigenvalue weighted by Crippen LogP contribution is 2.40. The minimum Gasteiger partial charge on any atom is -0.480 e. The minimum atomic E-state index is -1.21. The molecule has 0 radical (unpaired) electrons. The lowest BCUT2D eigenvalue weighted by molar-refractivity contribution is -0.144. The lowest BCUT2D eigenvalue weighted by Crippen LogP contribution is -2.57. The van der Waals surface area contributed by atoms with E-state index in [1.807, 2.05) is 58.9 Å². The van der Waals surface area contributed by atoms with Crippen LogP contribution in [-0.2, 0) is 23.9 Å². The number of rotatable bonds is 16. The smallest absolute Gasteiger partial charge is 0.257 e. The Morgan fingerprint density at radius 3 is 2.42 bits per heavy atom. The van der Waals surface area contributed by atoms with E-state index in [0.717, 1.165) is 52.2 Å². The lowest BCUT2D eigenvalue weighted by atomic mass is 9.85. The number of halogens is 2. The van der Waals surface area contributed by atoms with Gasteiger partial charge in [-0.2, -0.15) is 4.39 Å². The first kappa shape index (κ1) is 46.9. The summed E-state index contributed by atoms with van der Waals surface area (Å²) in [6, 6.07) is 8.41. The van der Waals surface area contributed by atoms with Crippen LogP contribution in [0.4, 0.5) is 13.9 Å². The number of morpholine rings is 1. The van der Waals surface area contributed by atoms with Crippen molar-refractivity contribution in [3.8, 4) is 27.4 Å². The number of aliphatic hydroxyl groups excluding tert-OH is 1. The summed E-state index contributed by atoms with van der Waals surface area (Å²) in [7, 11) is 0. The van der Waals surface area contributed by atoms with E-state index in [4.69, 9.17) is 14.5 Å². The Balaban J connectivity index is 0.873. The van der Waals surface area contributed by atoms with Crippen LogP contribution in [0, 0.1) is 24.0 Å². The van der Waals surface area contributed by atoms with Gasteiger partial charge >= 0.3 is 0 Å². The normalized spacial score (nSPS) is 20.7. The number of amides is 4. The number of aromatic nitrogens is 2. The van der Waals surface area contributed by atoms with E-state index in [2.05, 4.69) is 25.8 Å². The number of carbonyl (C=O) groups is 4. The molecule has 6 atom stereocenters. The van der Waals surface area contributed by atoms with Crippen LogP contribution in [-0.4, -0.2) is 107 Å². The second-order valence-corrected chi connectivity index (χ2v) is 19.6. The van der Waals surface area contributed by atoms with Crippen LogP contribution in [0.1, 0.15) is 89.9 Å². The predicted octanol–water partition coefficient (Wildman–Crippen LogP) is 6.31. The summed E-state index contributed by atoms with van der Waals surface area (Å²) in [6.07, 6.45) is 3.09. The first-order valence-corrected chi connectivity index (χ1v) is 23.6. The Labute approximate surface area is 380 Å². The van der Waals surface area contributed by atoms with Crippen LogP contribution in [0.5, 0.6) is 5.75 Å². The molecular weight excluding hydrogens is 865 g/mol. The van der Waals surface area contributed by atoms with E-state index < -0.39 is 65.3 Å². The van der Waals surface area contributed by atoms with Gasteiger partial charge in [-0.1, -0.05) is 45.0 Å². The number of carbonyl (C=O) groups excluding carboxylic acids is 4. The van der Waals surface area contributed by atoms with E-state index in [1.54, 1.807) is 22.2 Å². The molecule has 3 fully saturated rings. The summed E-state index contributed by atoms with van der Waals surface area (Å²) in [5, 5.41) is 21.7. The zero-order valence-corrected chi connectivity index (χ0v) is 38.5. The molecule has 4 aromatic rings. The maximum Gasteiger partial charge on any atom is 0.257 e. The average molecular weight is 922 g/mol. The number of anilines is 1. The molecule has 3 aliphatic rings. The molecule has 7 rings (SSSR count). The van der Waals surface area contributed by atoms with Crippen molar-refractivity contribution in [2.24, 2.45) is 5.41 Å². The van der Waals surface area contributed by atoms with Crippen molar-refractivity contribution in [1.29, 1.82) is 0 Å². The molecule has 0 saturated carbocycles. The van der Waals surface area contributed by atoms with Crippen LogP contribution in [0.3, 0.4) is 0 Å². The van der Waals surface area contributed by atoms with Crippen LogP contribution in [0.15, 0.2) is 47.3 Å². The van der Waals surface area contributed by atoms with Gasteiger partial charge in [0.1, 0.15) is 12.1 Å². The molecule has 0 spiro atoms. The summed E-state index contributed by atoms with van der Waals surface area (Å²) in [5.41, 5.74) is 4.59. The highest BCUT2D eigenvalue weighted by atomic mass is 32.1. The standard InChI is InChI=1S/C46H57F2N7O7S2/c1-26(28-12-14-29(15-13-28)41-27(2)50-25-64-41)51-43(59)36-19-32(56)20-54(36)44(60)42(46(3,4)5)53-37(57)11-6-7-18-49-38(58)23-62-40-33(16-17-34(47)39(40)48)35-24-63-45(52-35)55-30-9-8-10-31(55)22-61-21-30/h12-17,24-26,30-32,36,42,56H,6-11,18-23H2,1-5H3,(H,49,58)(H,51,59)(H,53,57)/t26-,30?,31?,32+,36-,42+/m0/s1. The van der Waals surface area contributed by atoms with E-state index in [1.165, 1.54) is 22.3 Å². The minimum absolute atomic E-state index is 0.0469. The highest BCUT2D eigenvalue weighted by molar-refractivity contribution is 7.14. The molecular formula is C46H57F2N7O7S2. The largest absolute Gasteiger partial charge is 0.480 e.